The van der Waals surface area contributed by atoms with Gasteiger partial charge in [0.05, 0.1) is 29.3 Å². The number of piperidine rings is 1. The molecule has 0 bridgehead atoms. The Morgan fingerprint density at radius 1 is 0.971 bits per heavy atom. The van der Waals surface area contributed by atoms with Gasteiger partial charge in [0.1, 0.15) is 0 Å². The molecule has 2 aromatic carbocycles. The molecule has 3 aromatic rings. The maximum Gasteiger partial charge on any atom is 0.264 e. The number of fused-ring (bicyclic) bond motifs is 2. The highest BCUT2D eigenvalue weighted by molar-refractivity contribution is 7.99. The van der Waals surface area contributed by atoms with E-state index < -0.39 is 0 Å². The molecular weight excluding hydrogens is 478 g/mol. The highest BCUT2D eigenvalue weighted by atomic mass is 32.2. The second-order valence-electron chi connectivity index (χ2n) is 9.37. The summed E-state index contributed by atoms with van der Waals surface area (Å²) in [5, 5.41) is 1.13. The van der Waals surface area contributed by atoms with Crippen LogP contribution in [0, 0.1) is 5.92 Å². The van der Waals surface area contributed by atoms with E-state index in [2.05, 4.69) is 17.0 Å². The van der Waals surface area contributed by atoms with Crippen LogP contribution in [0.2, 0.25) is 0 Å². The Bertz CT molecular complexity index is 1280. The van der Waals surface area contributed by atoms with Crippen molar-refractivity contribution in [3.63, 3.8) is 0 Å². The summed E-state index contributed by atoms with van der Waals surface area (Å²) in [7, 11) is 0. The van der Waals surface area contributed by atoms with Crippen molar-refractivity contribution in [3.05, 3.63) is 64.5 Å². The lowest BCUT2D eigenvalue weighted by atomic mass is 9.94. The monoisotopic (exact) mass is 505 g/mol. The first-order chi connectivity index (χ1) is 17.1. The zero-order chi connectivity index (χ0) is 23.9. The van der Waals surface area contributed by atoms with Crippen molar-refractivity contribution in [2.45, 2.75) is 19.4 Å². The molecule has 3 amide bonds. The third-order valence-corrected chi connectivity index (χ3v) is 9.24. The van der Waals surface area contributed by atoms with E-state index in [1.807, 2.05) is 47.0 Å². The fourth-order valence-electron chi connectivity index (χ4n) is 5.43. The van der Waals surface area contributed by atoms with Crippen molar-refractivity contribution < 1.29 is 14.4 Å². The Kier molecular flexibility index (Phi) is 6.02. The van der Waals surface area contributed by atoms with Gasteiger partial charge in [0, 0.05) is 47.3 Å². The first-order valence-electron chi connectivity index (χ1n) is 12.2. The standard InChI is InChI=1S/C27H27N3O3S2/c31-25(28-11-13-34-14-12-28)19-6-4-10-29(16-19)22-8-3-7-21-24(22)27(33)30(26(21)32)17-20-15-18-5-1-2-9-23(18)35-20/h1-3,5,7-9,15,19H,4,6,10-14,16-17H2/t19-/m1/s1. The van der Waals surface area contributed by atoms with Gasteiger partial charge in [-0.15, -0.1) is 11.3 Å². The van der Waals surface area contributed by atoms with Crippen LogP contribution in [0.1, 0.15) is 38.4 Å². The second-order valence-corrected chi connectivity index (χ2v) is 11.8. The zero-order valence-corrected chi connectivity index (χ0v) is 21.1. The first-order valence-corrected chi connectivity index (χ1v) is 14.2. The molecule has 0 N–H and O–H groups in total. The smallest absolute Gasteiger partial charge is 0.264 e. The number of imide groups is 1. The minimum Gasteiger partial charge on any atom is -0.370 e. The summed E-state index contributed by atoms with van der Waals surface area (Å²) in [5.74, 6) is 1.70. The number of carbonyl (C=O) groups is 3. The molecule has 3 aliphatic heterocycles. The molecule has 0 saturated carbocycles. The number of hydrogen-bond donors (Lipinski definition) is 0. The van der Waals surface area contributed by atoms with Crippen molar-refractivity contribution in [1.82, 2.24) is 9.80 Å². The van der Waals surface area contributed by atoms with Gasteiger partial charge in [-0.1, -0.05) is 24.3 Å². The number of thioether (sulfide) groups is 1. The summed E-state index contributed by atoms with van der Waals surface area (Å²) in [6, 6.07) is 15.7. The largest absolute Gasteiger partial charge is 0.370 e. The van der Waals surface area contributed by atoms with Gasteiger partial charge in [-0.3, -0.25) is 19.3 Å². The molecule has 2 fully saturated rings. The highest BCUT2D eigenvalue weighted by Gasteiger charge is 2.40. The predicted octanol–water partition coefficient (Wildman–Crippen LogP) is 4.49. The average molecular weight is 506 g/mol. The van der Waals surface area contributed by atoms with Crippen molar-refractivity contribution >= 4 is 56.6 Å². The lowest BCUT2D eigenvalue weighted by molar-refractivity contribution is -0.135. The summed E-state index contributed by atoms with van der Waals surface area (Å²) in [5.41, 5.74) is 1.74. The molecule has 2 saturated heterocycles. The normalized spacial score (nSPS) is 20.6. The van der Waals surface area contributed by atoms with Crippen LogP contribution in [0.15, 0.2) is 48.5 Å². The van der Waals surface area contributed by atoms with E-state index in [4.69, 9.17) is 0 Å². The lowest BCUT2D eigenvalue weighted by Gasteiger charge is -2.37. The number of hydrogen-bond acceptors (Lipinski definition) is 6. The molecule has 180 valence electrons. The van der Waals surface area contributed by atoms with Crippen LogP contribution < -0.4 is 4.90 Å². The van der Waals surface area contributed by atoms with Gasteiger partial charge in [0.2, 0.25) is 5.91 Å². The molecule has 8 heteroatoms. The van der Waals surface area contributed by atoms with E-state index in [0.29, 0.717) is 17.7 Å². The Balaban J connectivity index is 1.24. The molecule has 1 atom stereocenters. The van der Waals surface area contributed by atoms with Crippen molar-refractivity contribution in [3.8, 4) is 0 Å². The summed E-state index contributed by atoms with van der Waals surface area (Å²) >= 11 is 3.51. The van der Waals surface area contributed by atoms with Gasteiger partial charge in [0.15, 0.2) is 0 Å². The Morgan fingerprint density at radius 2 is 1.80 bits per heavy atom. The second kappa shape index (κ2) is 9.32. The number of thiophene rings is 1. The summed E-state index contributed by atoms with van der Waals surface area (Å²) in [6.07, 6.45) is 1.77. The third-order valence-electron chi connectivity index (χ3n) is 7.20. The van der Waals surface area contributed by atoms with E-state index in [1.165, 1.54) is 4.90 Å². The van der Waals surface area contributed by atoms with Gasteiger partial charge in [0.25, 0.3) is 11.8 Å². The highest BCUT2D eigenvalue weighted by Crippen LogP contribution is 2.36. The minimum absolute atomic E-state index is 0.0652. The van der Waals surface area contributed by atoms with Crippen LogP contribution in [0.3, 0.4) is 0 Å². The molecule has 3 aliphatic rings. The molecular formula is C27H27N3O3S2. The number of benzene rings is 2. The van der Waals surface area contributed by atoms with Crippen LogP contribution in [-0.2, 0) is 11.3 Å². The van der Waals surface area contributed by atoms with Crippen LogP contribution in [-0.4, -0.2) is 65.2 Å². The van der Waals surface area contributed by atoms with Crippen molar-refractivity contribution in [1.29, 1.82) is 0 Å². The summed E-state index contributed by atoms with van der Waals surface area (Å²) < 4.78 is 1.15. The summed E-state index contributed by atoms with van der Waals surface area (Å²) in [6.45, 7) is 3.30. The third kappa shape index (κ3) is 4.12. The number of nitrogens with zero attached hydrogens (tertiary/aromatic N) is 3. The van der Waals surface area contributed by atoms with Gasteiger partial charge in [-0.2, -0.15) is 11.8 Å². The van der Waals surface area contributed by atoms with Crippen molar-refractivity contribution in [2.24, 2.45) is 5.92 Å². The number of rotatable bonds is 4. The van der Waals surface area contributed by atoms with E-state index in [9.17, 15) is 14.4 Å². The first kappa shape index (κ1) is 22.6. The fraction of sp³-hybridized carbons (Fsp3) is 0.370. The van der Waals surface area contributed by atoms with Crippen LogP contribution >= 0.6 is 23.1 Å². The minimum atomic E-state index is -0.237. The Morgan fingerprint density at radius 3 is 2.63 bits per heavy atom. The van der Waals surface area contributed by atoms with E-state index in [1.54, 1.807) is 17.4 Å². The van der Waals surface area contributed by atoms with Crippen LogP contribution in [0.5, 0.6) is 0 Å². The molecule has 35 heavy (non-hydrogen) atoms. The van der Waals surface area contributed by atoms with Crippen LogP contribution in [0.25, 0.3) is 10.1 Å². The molecule has 0 radical (unpaired) electrons. The molecule has 0 spiro atoms. The molecule has 0 unspecified atom stereocenters. The quantitative estimate of drug-likeness (QED) is 0.489. The van der Waals surface area contributed by atoms with Gasteiger partial charge < -0.3 is 9.80 Å². The number of anilines is 1. The van der Waals surface area contributed by atoms with E-state index in [0.717, 1.165) is 64.6 Å². The van der Waals surface area contributed by atoms with Gasteiger partial charge in [-0.25, -0.2) is 0 Å². The van der Waals surface area contributed by atoms with Gasteiger partial charge >= 0.3 is 0 Å². The maximum atomic E-state index is 13.6. The van der Waals surface area contributed by atoms with Gasteiger partial charge in [-0.05, 0) is 42.5 Å². The van der Waals surface area contributed by atoms with Crippen molar-refractivity contribution in [2.75, 3.05) is 42.6 Å². The average Bonchev–Trinajstić information content (AvgIpc) is 3.43. The number of amides is 3. The fourth-order valence-corrected chi connectivity index (χ4v) is 7.39. The topological polar surface area (TPSA) is 60.9 Å². The molecule has 4 heterocycles. The van der Waals surface area contributed by atoms with E-state index >= 15 is 0 Å². The zero-order valence-electron chi connectivity index (χ0n) is 19.4. The SMILES string of the molecule is O=C([C@@H]1CCCN(c2cccc3c2C(=O)N(Cc2cc4ccccc4s2)C3=O)C1)N1CCSCC1. The molecule has 6 rings (SSSR count). The summed E-state index contributed by atoms with van der Waals surface area (Å²) in [4.78, 5) is 46.5. The predicted molar refractivity (Wildman–Crippen MR) is 141 cm³/mol. The molecule has 6 nitrogen and oxygen atoms in total. The Labute approximate surface area is 212 Å². The maximum absolute atomic E-state index is 13.6. The van der Waals surface area contributed by atoms with Crippen LogP contribution in [0.4, 0.5) is 5.69 Å². The lowest BCUT2D eigenvalue weighted by Crippen LogP contribution is -2.47. The number of carbonyl (C=O) groups excluding carboxylic acids is 3. The Hall–Kier alpha value is -2.84. The molecule has 1 aromatic heterocycles. The molecule has 0 aliphatic carbocycles. The van der Waals surface area contributed by atoms with E-state index in [-0.39, 0.29) is 30.2 Å².